The van der Waals surface area contributed by atoms with E-state index >= 15 is 0 Å². The Morgan fingerprint density at radius 2 is 2.05 bits per heavy atom. The molecule has 1 fully saturated rings. The van der Waals surface area contributed by atoms with Crippen molar-refractivity contribution in [1.82, 2.24) is 4.90 Å². The molecule has 2 rings (SSSR count). The van der Waals surface area contributed by atoms with Gasteiger partial charge in [0, 0.05) is 13.2 Å². The molecule has 1 N–H and O–H groups in total. The van der Waals surface area contributed by atoms with Gasteiger partial charge >= 0.3 is 5.97 Å². The normalized spacial score (nSPS) is 17.4. The SMILES string of the molecule is COC(=O)c1ccccc1CN1CCC(CO)CC1. The number of benzene rings is 1. The lowest BCUT2D eigenvalue weighted by Gasteiger charge is -2.31. The number of ether oxygens (including phenoxy) is 1. The minimum atomic E-state index is -0.277. The standard InChI is InChI=1S/C15H21NO3/c1-19-15(18)14-5-3-2-4-13(14)10-16-8-6-12(11-17)7-9-16/h2-5,12,17H,6-11H2,1H3. The average Bonchev–Trinajstić information content (AvgIpc) is 2.48. The first kappa shape index (κ1) is 14.0. The van der Waals surface area contributed by atoms with Crippen molar-refractivity contribution in [2.45, 2.75) is 19.4 Å². The second-order valence-corrected chi connectivity index (χ2v) is 5.05. The van der Waals surface area contributed by atoms with Crippen LogP contribution in [0.15, 0.2) is 24.3 Å². The minimum absolute atomic E-state index is 0.277. The first-order valence-corrected chi connectivity index (χ1v) is 6.74. The summed E-state index contributed by atoms with van der Waals surface area (Å²) in [4.78, 5) is 14.0. The van der Waals surface area contributed by atoms with Crippen LogP contribution < -0.4 is 0 Å². The molecule has 0 unspecified atom stereocenters. The number of hydrogen-bond acceptors (Lipinski definition) is 4. The maximum atomic E-state index is 11.7. The Balaban J connectivity index is 2.01. The van der Waals surface area contributed by atoms with Crippen molar-refractivity contribution in [2.24, 2.45) is 5.92 Å². The van der Waals surface area contributed by atoms with Crippen molar-refractivity contribution >= 4 is 5.97 Å². The fraction of sp³-hybridized carbons (Fsp3) is 0.533. The first-order chi connectivity index (χ1) is 9.24. The molecule has 4 nitrogen and oxygen atoms in total. The number of aliphatic hydroxyl groups is 1. The van der Waals surface area contributed by atoms with Gasteiger partial charge in [0.25, 0.3) is 0 Å². The summed E-state index contributed by atoms with van der Waals surface area (Å²) >= 11 is 0. The van der Waals surface area contributed by atoms with Crippen molar-refractivity contribution in [1.29, 1.82) is 0 Å². The van der Waals surface area contributed by atoms with Crippen LogP contribution in [0.2, 0.25) is 0 Å². The van der Waals surface area contributed by atoms with Crippen LogP contribution in [0.25, 0.3) is 0 Å². The Morgan fingerprint density at radius 1 is 1.37 bits per heavy atom. The van der Waals surface area contributed by atoms with E-state index in [1.165, 1.54) is 7.11 Å². The number of carbonyl (C=O) groups excluding carboxylic acids is 1. The largest absolute Gasteiger partial charge is 0.465 e. The quantitative estimate of drug-likeness (QED) is 0.840. The van der Waals surface area contributed by atoms with Crippen LogP contribution in [0.5, 0.6) is 0 Å². The van der Waals surface area contributed by atoms with Crippen LogP contribution in [0.1, 0.15) is 28.8 Å². The number of likely N-dealkylation sites (tertiary alicyclic amines) is 1. The van der Waals surface area contributed by atoms with E-state index in [0.29, 0.717) is 11.5 Å². The maximum absolute atomic E-state index is 11.7. The number of aliphatic hydroxyl groups excluding tert-OH is 1. The molecule has 0 atom stereocenters. The zero-order chi connectivity index (χ0) is 13.7. The van der Waals surface area contributed by atoms with Gasteiger partial charge in [-0.3, -0.25) is 4.90 Å². The van der Waals surface area contributed by atoms with Gasteiger partial charge in [0.15, 0.2) is 0 Å². The molecule has 1 aromatic carbocycles. The van der Waals surface area contributed by atoms with Crippen molar-refractivity contribution in [3.63, 3.8) is 0 Å². The molecule has 0 radical (unpaired) electrons. The van der Waals surface area contributed by atoms with E-state index in [4.69, 9.17) is 9.84 Å². The summed E-state index contributed by atoms with van der Waals surface area (Å²) in [5.74, 6) is 0.160. The lowest BCUT2D eigenvalue weighted by Crippen LogP contribution is -2.34. The predicted octanol–water partition coefficient (Wildman–Crippen LogP) is 1.68. The molecule has 1 saturated heterocycles. The molecule has 0 spiro atoms. The van der Waals surface area contributed by atoms with E-state index in [1.54, 1.807) is 0 Å². The summed E-state index contributed by atoms with van der Waals surface area (Å²) in [7, 11) is 1.41. The van der Waals surface area contributed by atoms with Gasteiger partial charge < -0.3 is 9.84 Å². The molecule has 19 heavy (non-hydrogen) atoms. The smallest absolute Gasteiger partial charge is 0.338 e. The van der Waals surface area contributed by atoms with Crippen LogP contribution >= 0.6 is 0 Å². The number of esters is 1. The lowest BCUT2D eigenvalue weighted by molar-refractivity contribution is 0.0597. The molecule has 4 heteroatoms. The van der Waals surface area contributed by atoms with Crippen LogP contribution in [-0.4, -0.2) is 42.8 Å². The van der Waals surface area contributed by atoms with Gasteiger partial charge in [-0.05, 0) is 43.5 Å². The number of methoxy groups -OCH3 is 1. The number of hydrogen-bond donors (Lipinski definition) is 1. The summed E-state index contributed by atoms with van der Waals surface area (Å²) in [5, 5.41) is 9.14. The average molecular weight is 263 g/mol. The van der Waals surface area contributed by atoms with Crippen LogP contribution in [0, 0.1) is 5.92 Å². The molecule has 0 saturated carbocycles. The number of carbonyl (C=O) groups is 1. The molecule has 1 aliphatic heterocycles. The first-order valence-electron chi connectivity index (χ1n) is 6.74. The van der Waals surface area contributed by atoms with E-state index < -0.39 is 0 Å². The fourth-order valence-electron chi connectivity index (χ4n) is 2.54. The fourth-order valence-corrected chi connectivity index (χ4v) is 2.54. The van der Waals surface area contributed by atoms with E-state index in [1.807, 2.05) is 24.3 Å². The van der Waals surface area contributed by atoms with Gasteiger partial charge in [0.1, 0.15) is 0 Å². The highest BCUT2D eigenvalue weighted by molar-refractivity contribution is 5.90. The Kier molecular flexibility index (Phi) is 4.93. The highest BCUT2D eigenvalue weighted by Gasteiger charge is 2.20. The Hall–Kier alpha value is -1.39. The lowest BCUT2D eigenvalue weighted by atomic mass is 9.97. The summed E-state index contributed by atoms with van der Waals surface area (Å²) in [5.41, 5.74) is 1.66. The molecule has 104 valence electrons. The zero-order valence-electron chi connectivity index (χ0n) is 11.3. The van der Waals surface area contributed by atoms with Gasteiger partial charge in [0.2, 0.25) is 0 Å². The molecular weight excluding hydrogens is 242 g/mol. The highest BCUT2D eigenvalue weighted by Crippen LogP contribution is 2.20. The van der Waals surface area contributed by atoms with Gasteiger partial charge in [0.05, 0.1) is 12.7 Å². The predicted molar refractivity (Wildman–Crippen MR) is 72.9 cm³/mol. The molecule has 0 aliphatic carbocycles. The van der Waals surface area contributed by atoms with Crippen molar-refractivity contribution < 1.29 is 14.6 Å². The Bertz CT molecular complexity index is 425. The van der Waals surface area contributed by atoms with Gasteiger partial charge in [-0.15, -0.1) is 0 Å². The number of piperidine rings is 1. The van der Waals surface area contributed by atoms with Gasteiger partial charge in [-0.2, -0.15) is 0 Å². The summed E-state index contributed by atoms with van der Waals surface area (Å²) < 4.78 is 4.81. The molecular formula is C15H21NO3. The Morgan fingerprint density at radius 3 is 2.68 bits per heavy atom. The second kappa shape index (κ2) is 6.68. The summed E-state index contributed by atoms with van der Waals surface area (Å²) in [6.07, 6.45) is 2.05. The van der Waals surface area contributed by atoms with Crippen LogP contribution in [-0.2, 0) is 11.3 Å². The molecule has 1 heterocycles. The zero-order valence-corrected chi connectivity index (χ0v) is 11.3. The highest BCUT2D eigenvalue weighted by atomic mass is 16.5. The van der Waals surface area contributed by atoms with Crippen LogP contribution in [0.3, 0.4) is 0 Å². The molecule has 0 bridgehead atoms. The topological polar surface area (TPSA) is 49.8 Å². The van der Waals surface area contributed by atoms with Gasteiger partial charge in [-0.1, -0.05) is 18.2 Å². The van der Waals surface area contributed by atoms with E-state index in [-0.39, 0.29) is 12.6 Å². The third-order valence-electron chi connectivity index (χ3n) is 3.78. The summed E-state index contributed by atoms with van der Waals surface area (Å²) in [6.45, 7) is 3.00. The second-order valence-electron chi connectivity index (χ2n) is 5.05. The van der Waals surface area contributed by atoms with Gasteiger partial charge in [-0.25, -0.2) is 4.79 Å². The monoisotopic (exact) mass is 263 g/mol. The Labute approximate surface area is 114 Å². The van der Waals surface area contributed by atoms with Crippen LogP contribution in [0.4, 0.5) is 0 Å². The third-order valence-corrected chi connectivity index (χ3v) is 3.78. The molecule has 0 amide bonds. The minimum Gasteiger partial charge on any atom is -0.465 e. The van der Waals surface area contributed by atoms with E-state index in [9.17, 15) is 4.79 Å². The van der Waals surface area contributed by atoms with E-state index in [0.717, 1.165) is 38.0 Å². The number of rotatable bonds is 4. The van der Waals surface area contributed by atoms with Crippen molar-refractivity contribution in [3.8, 4) is 0 Å². The number of nitrogens with zero attached hydrogens (tertiary/aromatic N) is 1. The molecule has 1 aliphatic rings. The summed E-state index contributed by atoms with van der Waals surface area (Å²) in [6, 6.07) is 7.59. The van der Waals surface area contributed by atoms with Crippen molar-refractivity contribution in [2.75, 3.05) is 26.8 Å². The third kappa shape index (κ3) is 3.55. The molecule has 0 aromatic heterocycles. The molecule has 1 aromatic rings. The van der Waals surface area contributed by atoms with E-state index in [2.05, 4.69) is 4.90 Å². The maximum Gasteiger partial charge on any atom is 0.338 e. The van der Waals surface area contributed by atoms with Crippen molar-refractivity contribution in [3.05, 3.63) is 35.4 Å².